The second-order valence-corrected chi connectivity index (χ2v) is 7.06. The highest BCUT2D eigenvalue weighted by Gasteiger charge is 2.09. The molecule has 0 atom stereocenters. The number of nitrogens with one attached hydrogen (secondary N) is 3. The fourth-order valence-electron chi connectivity index (χ4n) is 3.24. The average molecular weight is 541 g/mol. The van der Waals surface area contributed by atoms with Gasteiger partial charge in [-0.2, -0.15) is 0 Å². The summed E-state index contributed by atoms with van der Waals surface area (Å²) in [6.45, 7) is 7.89. The van der Waals surface area contributed by atoms with E-state index in [2.05, 4.69) is 31.7 Å². The van der Waals surface area contributed by atoms with Crippen LogP contribution in [0.5, 0.6) is 11.5 Å². The van der Waals surface area contributed by atoms with Crippen LogP contribution in [0.1, 0.15) is 36.4 Å². The number of aliphatic imine (C=N–C) groups is 1. The average Bonchev–Trinajstić information content (AvgIpc) is 3.30. The number of hydrogen-bond donors (Lipinski definition) is 3. The van der Waals surface area contributed by atoms with E-state index in [-0.39, 0.29) is 24.0 Å². The van der Waals surface area contributed by atoms with Gasteiger partial charge in [0.15, 0.2) is 5.96 Å². The third-order valence-electron chi connectivity index (χ3n) is 4.89. The minimum absolute atomic E-state index is 0. The lowest BCUT2D eigenvalue weighted by Crippen LogP contribution is -2.37. The molecule has 2 heterocycles. The smallest absolute Gasteiger partial charge is 0.216 e. The highest BCUT2D eigenvalue weighted by molar-refractivity contribution is 14.0. The van der Waals surface area contributed by atoms with Crippen molar-refractivity contribution in [1.29, 1.82) is 0 Å². The molecular weight excluding hydrogens is 509 g/mol. The van der Waals surface area contributed by atoms with Gasteiger partial charge in [0.05, 0.1) is 25.4 Å². The van der Waals surface area contributed by atoms with E-state index in [9.17, 15) is 0 Å². The Morgan fingerprint density at radius 3 is 2.61 bits per heavy atom. The molecule has 0 radical (unpaired) electrons. The number of nitrogens with zero attached hydrogens (tertiary/aromatic N) is 2. The maximum atomic E-state index is 5.59. The van der Waals surface area contributed by atoms with E-state index >= 15 is 0 Å². The van der Waals surface area contributed by atoms with Crippen molar-refractivity contribution in [3.8, 4) is 11.5 Å². The number of benzene rings is 1. The number of oxazole rings is 1. The van der Waals surface area contributed by atoms with E-state index in [0.717, 1.165) is 71.4 Å². The number of ether oxygens (including phenoxy) is 2. The summed E-state index contributed by atoms with van der Waals surface area (Å²) >= 11 is 0. The molecule has 0 saturated carbocycles. The molecule has 3 N–H and O–H groups in total. The number of aryl methyl sites for hydroxylation is 3. The number of aromatic nitrogens is 2. The second-order valence-electron chi connectivity index (χ2n) is 7.06. The molecule has 0 unspecified atom stereocenters. The first kappa shape index (κ1) is 24.8. The van der Waals surface area contributed by atoms with Gasteiger partial charge in [0.2, 0.25) is 5.89 Å². The Morgan fingerprint density at radius 2 is 1.97 bits per heavy atom. The molecule has 0 aliphatic rings. The fourth-order valence-corrected chi connectivity index (χ4v) is 3.24. The molecule has 170 valence electrons. The van der Waals surface area contributed by atoms with Gasteiger partial charge in [-0.25, -0.2) is 9.98 Å². The Balaban J connectivity index is 0.00000341. The van der Waals surface area contributed by atoms with Crippen molar-refractivity contribution < 1.29 is 13.9 Å². The molecule has 0 amide bonds. The summed E-state index contributed by atoms with van der Waals surface area (Å²) < 4.78 is 16.4. The van der Waals surface area contributed by atoms with Crippen molar-refractivity contribution in [3.05, 3.63) is 41.2 Å². The molecule has 3 aromatic rings. The second kappa shape index (κ2) is 11.8. The molecule has 9 heteroatoms. The monoisotopic (exact) mass is 541 g/mol. The van der Waals surface area contributed by atoms with Gasteiger partial charge in [-0.15, -0.1) is 24.0 Å². The third-order valence-corrected chi connectivity index (χ3v) is 4.89. The molecular formula is C22H32IN5O3. The standard InChI is InChI=1S/C22H31N5O3.HI/c1-6-23-22(25-13-21-26-14(2)15(3)30-21)24-9-7-8-16-10-18-19(27-16)11-17(28-4)12-20(18)29-5;/h10-12,27H,6-9,13H2,1-5H3,(H2,23,24,25);1H. The molecule has 31 heavy (non-hydrogen) atoms. The maximum absolute atomic E-state index is 5.59. The first-order chi connectivity index (χ1) is 14.5. The van der Waals surface area contributed by atoms with Crippen LogP contribution in [0, 0.1) is 13.8 Å². The molecule has 8 nitrogen and oxygen atoms in total. The van der Waals surface area contributed by atoms with Crippen LogP contribution in [-0.4, -0.2) is 43.2 Å². The van der Waals surface area contributed by atoms with Crippen LogP contribution in [0.25, 0.3) is 10.9 Å². The molecule has 3 rings (SSSR count). The van der Waals surface area contributed by atoms with Crippen LogP contribution in [0.4, 0.5) is 0 Å². The SMILES string of the molecule is CCNC(=NCc1nc(C)c(C)o1)NCCCc1cc2c(OC)cc(OC)cc2[nH]1.I. The molecule has 2 aromatic heterocycles. The van der Waals surface area contributed by atoms with Gasteiger partial charge in [-0.05, 0) is 39.7 Å². The minimum Gasteiger partial charge on any atom is -0.497 e. The van der Waals surface area contributed by atoms with Crippen molar-refractivity contribution in [2.45, 2.75) is 40.2 Å². The van der Waals surface area contributed by atoms with Crippen LogP contribution in [0.2, 0.25) is 0 Å². The lowest BCUT2D eigenvalue weighted by Gasteiger charge is -2.10. The number of H-pyrrole nitrogens is 1. The van der Waals surface area contributed by atoms with Gasteiger partial charge in [-0.3, -0.25) is 0 Å². The van der Waals surface area contributed by atoms with E-state index in [1.54, 1.807) is 14.2 Å². The first-order valence-electron chi connectivity index (χ1n) is 10.2. The highest BCUT2D eigenvalue weighted by Crippen LogP contribution is 2.31. The summed E-state index contributed by atoms with van der Waals surface area (Å²) in [5, 5.41) is 7.68. The van der Waals surface area contributed by atoms with Crippen LogP contribution in [0.3, 0.4) is 0 Å². The Kier molecular flexibility index (Phi) is 9.47. The van der Waals surface area contributed by atoms with E-state index in [0.29, 0.717) is 12.4 Å². The van der Waals surface area contributed by atoms with Crippen molar-refractivity contribution in [2.75, 3.05) is 27.3 Å². The van der Waals surface area contributed by atoms with Crippen molar-refractivity contribution >= 4 is 40.8 Å². The zero-order valence-corrected chi connectivity index (χ0v) is 21.1. The Morgan fingerprint density at radius 1 is 1.16 bits per heavy atom. The predicted molar refractivity (Wildman–Crippen MR) is 134 cm³/mol. The number of rotatable bonds is 9. The van der Waals surface area contributed by atoms with Crippen molar-refractivity contribution in [3.63, 3.8) is 0 Å². The maximum Gasteiger partial charge on any atom is 0.216 e. The molecule has 0 aliphatic carbocycles. The number of halogens is 1. The number of guanidine groups is 1. The zero-order valence-electron chi connectivity index (χ0n) is 18.8. The van der Waals surface area contributed by atoms with E-state index in [1.807, 2.05) is 32.9 Å². The molecule has 0 saturated heterocycles. The van der Waals surface area contributed by atoms with Gasteiger partial charge >= 0.3 is 0 Å². The largest absolute Gasteiger partial charge is 0.497 e. The highest BCUT2D eigenvalue weighted by atomic mass is 127. The summed E-state index contributed by atoms with van der Waals surface area (Å²) in [6.07, 6.45) is 1.86. The molecule has 0 fully saturated rings. The Labute approximate surface area is 200 Å². The first-order valence-corrected chi connectivity index (χ1v) is 10.2. The van der Waals surface area contributed by atoms with Crippen LogP contribution < -0.4 is 20.1 Å². The van der Waals surface area contributed by atoms with Crippen molar-refractivity contribution in [1.82, 2.24) is 20.6 Å². The molecule has 1 aromatic carbocycles. The predicted octanol–water partition coefficient (Wildman–Crippen LogP) is 4.10. The summed E-state index contributed by atoms with van der Waals surface area (Å²) in [6, 6.07) is 6.03. The fraction of sp³-hybridized carbons (Fsp3) is 0.455. The summed E-state index contributed by atoms with van der Waals surface area (Å²) in [5.41, 5.74) is 3.08. The summed E-state index contributed by atoms with van der Waals surface area (Å²) in [4.78, 5) is 12.4. The Hall–Kier alpha value is -2.43. The molecule has 0 aliphatic heterocycles. The van der Waals surface area contributed by atoms with Gasteiger partial charge in [0.25, 0.3) is 0 Å². The topological polar surface area (TPSA) is 96.7 Å². The normalized spacial score (nSPS) is 11.3. The van der Waals surface area contributed by atoms with E-state index in [4.69, 9.17) is 13.9 Å². The lowest BCUT2D eigenvalue weighted by molar-refractivity contribution is 0.398. The van der Waals surface area contributed by atoms with Gasteiger partial charge < -0.3 is 29.5 Å². The number of aromatic amines is 1. The lowest BCUT2D eigenvalue weighted by atomic mass is 10.2. The molecule has 0 bridgehead atoms. The Bertz CT molecular complexity index is 993. The van der Waals surface area contributed by atoms with Crippen LogP contribution in [-0.2, 0) is 13.0 Å². The molecule has 0 spiro atoms. The van der Waals surface area contributed by atoms with Gasteiger partial charge in [-0.1, -0.05) is 0 Å². The number of hydrogen-bond acceptors (Lipinski definition) is 5. The summed E-state index contributed by atoms with van der Waals surface area (Å²) in [5.74, 6) is 3.81. The van der Waals surface area contributed by atoms with Crippen LogP contribution in [0.15, 0.2) is 27.6 Å². The van der Waals surface area contributed by atoms with Gasteiger partial charge in [0, 0.05) is 36.3 Å². The minimum atomic E-state index is 0. The van der Waals surface area contributed by atoms with Crippen molar-refractivity contribution in [2.24, 2.45) is 4.99 Å². The number of methoxy groups -OCH3 is 2. The number of fused-ring (bicyclic) bond motifs is 1. The van der Waals surface area contributed by atoms with E-state index in [1.165, 1.54) is 0 Å². The summed E-state index contributed by atoms with van der Waals surface area (Å²) in [7, 11) is 3.33. The van der Waals surface area contributed by atoms with E-state index < -0.39 is 0 Å². The van der Waals surface area contributed by atoms with Gasteiger partial charge in [0.1, 0.15) is 23.8 Å². The third kappa shape index (κ3) is 6.52. The van der Waals surface area contributed by atoms with Crippen LogP contribution >= 0.6 is 24.0 Å². The zero-order chi connectivity index (χ0) is 21.5. The quantitative estimate of drug-likeness (QED) is 0.164.